The van der Waals surface area contributed by atoms with Gasteiger partial charge in [0.1, 0.15) is 5.75 Å². The van der Waals surface area contributed by atoms with Crippen LogP contribution < -0.4 is 0 Å². The Balaban J connectivity index is 3.06. The van der Waals surface area contributed by atoms with Crippen LogP contribution in [0.15, 0.2) is 18.2 Å². The number of hydrogen-bond donors (Lipinski definition) is 1. The summed E-state index contributed by atoms with van der Waals surface area (Å²) in [5.41, 5.74) is 2.23. The van der Waals surface area contributed by atoms with Crippen molar-refractivity contribution in [2.75, 3.05) is 0 Å². The summed E-state index contributed by atoms with van der Waals surface area (Å²) in [4.78, 5) is 0. The van der Waals surface area contributed by atoms with E-state index in [2.05, 4.69) is 0 Å². The monoisotopic (exact) mass is 170 g/mol. The molecule has 0 heterocycles. The highest BCUT2D eigenvalue weighted by atomic mass is 35.5. The third-order valence-corrected chi connectivity index (χ3v) is 2.00. The maximum Gasteiger partial charge on any atom is 0.115 e. The Labute approximate surface area is 71.6 Å². The van der Waals surface area contributed by atoms with E-state index < -0.39 is 0 Å². The average Bonchev–Trinajstić information content (AvgIpc) is 2.04. The zero-order chi connectivity index (χ0) is 8.27. The first-order valence-electron chi connectivity index (χ1n) is 3.64. The van der Waals surface area contributed by atoms with Crippen LogP contribution in [0.3, 0.4) is 0 Å². The molecular weight excluding hydrogens is 160 g/mol. The second kappa shape index (κ2) is 3.63. The molecule has 0 aliphatic carbocycles. The molecule has 2 heteroatoms. The van der Waals surface area contributed by atoms with Crippen molar-refractivity contribution in [1.82, 2.24) is 0 Å². The number of halogens is 1. The van der Waals surface area contributed by atoms with Crippen LogP contribution in [-0.4, -0.2) is 5.11 Å². The Morgan fingerprint density at radius 2 is 2.09 bits per heavy atom. The van der Waals surface area contributed by atoms with Crippen molar-refractivity contribution in [3.8, 4) is 5.75 Å². The van der Waals surface area contributed by atoms with E-state index in [1.54, 1.807) is 12.1 Å². The molecule has 0 saturated carbocycles. The molecule has 0 amide bonds. The number of phenols is 1. The van der Waals surface area contributed by atoms with Gasteiger partial charge >= 0.3 is 0 Å². The molecule has 60 valence electrons. The first kappa shape index (κ1) is 8.41. The van der Waals surface area contributed by atoms with Crippen molar-refractivity contribution in [3.63, 3.8) is 0 Å². The lowest BCUT2D eigenvalue weighted by Crippen LogP contribution is -1.87. The molecule has 0 spiro atoms. The smallest absolute Gasteiger partial charge is 0.115 e. The van der Waals surface area contributed by atoms with Gasteiger partial charge < -0.3 is 5.11 Å². The van der Waals surface area contributed by atoms with E-state index in [4.69, 9.17) is 16.7 Å². The Morgan fingerprint density at radius 1 is 1.36 bits per heavy atom. The number of aryl methyl sites for hydroxylation is 1. The first-order valence-corrected chi connectivity index (χ1v) is 4.18. The van der Waals surface area contributed by atoms with Gasteiger partial charge in [0.25, 0.3) is 0 Å². The molecule has 11 heavy (non-hydrogen) atoms. The molecule has 0 atom stereocenters. The quantitative estimate of drug-likeness (QED) is 0.677. The van der Waals surface area contributed by atoms with Crippen LogP contribution >= 0.6 is 11.6 Å². The van der Waals surface area contributed by atoms with Gasteiger partial charge in [-0.2, -0.15) is 0 Å². The topological polar surface area (TPSA) is 20.2 Å². The molecule has 0 aliphatic heterocycles. The van der Waals surface area contributed by atoms with E-state index in [1.165, 1.54) is 0 Å². The van der Waals surface area contributed by atoms with Crippen LogP contribution in [0.1, 0.15) is 18.1 Å². The maximum atomic E-state index is 9.12. The molecule has 0 radical (unpaired) electrons. The van der Waals surface area contributed by atoms with E-state index in [9.17, 15) is 0 Å². The van der Waals surface area contributed by atoms with Crippen LogP contribution in [0.4, 0.5) is 0 Å². The van der Waals surface area contributed by atoms with Gasteiger partial charge in [0.2, 0.25) is 0 Å². The summed E-state index contributed by atoms with van der Waals surface area (Å²) in [5, 5.41) is 9.12. The first-order chi connectivity index (χ1) is 5.27. The summed E-state index contributed by atoms with van der Waals surface area (Å²) in [6.07, 6.45) is 0.913. The van der Waals surface area contributed by atoms with Crippen LogP contribution in [-0.2, 0) is 12.3 Å². The zero-order valence-corrected chi connectivity index (χ0v) is 7.23. The van der Waals surface area contributed by atoms with Crippen molar-refractivity contribution in [2.45, 2.75) is 19.2 Å². The van der Waals surface area contributed by atoms with E-state index >= 15 is 0 Å². The number of hydrogen-bond acceptors (Lipinski definition) is 1. The van der Waals surface area contributed by atoms with E-state index in [0.29, 0.717) is 11.6 Å². The number of aromatic hydroxyl groups is 1. The molecule has 1 N–H and O–H groups in total. The number of phenolic OH excluding ortho intramolecular Hbond substituents is 1. The van der Waals surface area contributed by atoms with Gasteiger partial charge in [0, 0.05) is 5.88 Å². The summed E-state index contributed by atoms with van der Waals surface area (Å²) in [7, 11) is 0. The van der Waals surface area contributed by atoms with E-state index in [1.807, 2.05) is 13.0 Å². The summed E-state index contributed by atoms with van der Waals surface area (Å²) < 4.78 is 0. The molecule has 0 aromatic heterocycles. The molecule has 1 aromatic rings. The maximum absolute atomic E-state index is 9.12. The molecular formula is C9H11ClO. The molecule has 0 unspecified atom stereocenters. The highest BCUT2D eigenvalue weighted by Gasteiger charge is 1.99. The standard InChI is InChI=1S/C9H11ClO/c1-2-7-5-9(11)4-3-8(7)6-10/h3-5,11H,2,6H2,1H3. The average molecular weight is 171 g/mol. The minimum atomic E-state index is 0.315. The van der Waals surface area contributed by atoms with E-state index in [0.717, 1.165) is 17.5 Å². The second-order valence-electron chi connectivity index (χ2n) is 2.44. The predicted octanol–water partition coefficient (Wildman–Crippen LogP) is 2.69. The van der Waals surface area contributed by atoms with Crippen LogP contribution in [0.5, 0.6) is 5.75 Å². The van der Waals surface area contributed by atoms with Crippen LogP contribution in [0.25, 0.3) is 0 Å². The molecule has 1 rings (SSSR count). The van der Waals surface area contributed by atoms with Gasteiger partial charge in [-0.25, -0.2) is 0 Å². The SMILES string of the molecule is CCc1cc(O)ccc1CCl. The lowest BCUT2D eigenvalue weighted by molar-refractivity contribution is 0.474. The summed E-state index contributed by atoms with van der Waals surface area (Å²) in [6, 6.07) is 5.29. The Bertz CT molecular complexity index is 245. The van der Waals surface area contributed by atoms with E-state index in [-0.39, 0.29) is 0 Å². The molecule has 0 saturated heterocycles. The van der Waals surface area contributed by atoms with Crippen molar-refractivity contribution >= 4 is 11.6 Å². The Morgan fingerprint density at radius 3 is 2.64 bits per heavy atom. The van der Waals surface area contributed by atoms with Crippen LogP contribution in [0, 0.1) is 0 Å². The minimum Gasteiger partial charge on any atom is -0.508 e. The summed E-state index contributed by atoms with van der Waals surface area (Å²) >= 11 is 5.68. The van der Waals surface area contributed by atoms with Crippen molar-refractivity contribution in [2.24, 2.45) is 0 Å². The van der Waals surface area contributed by atoms with Gasteiger partial charge in [-0.05, 0) is 29.7 Å². The number of benzene rings is 1. The van der Waals surface area contributed by atoms with Crippen LogP contribution in [0.2, 0.25) is 0 Å². The highest BCUT2D eigenvalue weighted by Crippen LogP contribution is 2.18. The Kier molecular flexibility index (Phi) is 2.77. The lowest BCUT2D eigenvalue weighted by atomic mass is 10.1. The van der Waals surface area contributed by atoms with Gasteiger partial charge in [0.15, 0.2) is 0 Å². The fraction of sp³-hybridized carbons (Fsp3) is 0.333. The number of alkyl halides is 1. The zero-order valence-electron chi connectivity index (χ0n) is 6.47. The molecule has 0 aliphatic rings. The fourth-order valence-corrected chi connectivity index (χ4v) is 1.33. The van der Waals surface area contributed by atoms with Crippen molar-refractivity contribution in [3.05, 3.63) is 29.3 Å². The Hall–Kier alpha value is -0.690. The van der Waals surface area contributed by atoms with Gasteiger partial charge in [-0.15, -0.1) is 11.6 Å². The van der Waals surface area contributed by atoms with Gasteiger partial charge in [0.05, 0.1) is 0 Å². The predicted molar refractivity (Wildman–Crippen MR) is 47.0 cm³/mol. The molecule has 1 aromatic carbocycles. The van der Waals surface area contributed by atoms with Crippen molar-refractivity contribution in [1.29, 1.82) is 0 Å². The normalized spacial score (nSPS) is 10.0. The number of rotatable bonds is 2. The largest absolute Gasteiger partial charge is 0.508 e. The fourth-order valence-electron chi connectivity index (χ4n) is 1.07. The lowest BCUT2D eigenvalue weighted by Gasteiger charge is -2.03. The third-order valence-electron chi connectivity index (χ3n) is 1.71. The third kappa shape index (κ3) is 1.87. The van der Waals surface area contributed by atoms with Gasteiger partial charge in [-0.3, -0.25) is 0 Å². The van der Waals surface area contributed by atoms with Gasteiger partial charge in [-0.1, -0.05) is 13.0 Å². The van der Waals surface area contributed by atoms with Crippen molar-refractivity contribution < 1.29 is 5.11 Å². The molecule has 0 fully saturated rings. The minimum absolute atomic E-state index is 0.315. The second-order valence-corrected chi connectivity index (χ2v) is 2.71. The highest BCUT2D eigenvalue weighted by molar-refractivity contribution is 6.17. The summed E-state index contributed by atoms with van der Waals surface area (Å²) in [5.74, 6) is 0.833. The molecule has 0 bridgehead atoms. The molecule has 1 nitrogen and oxygen atoms in total. The summed E-state index contributed by atoms with van der Waals surface area (Å²) in [6.45, 7) is 2.05.